The zero-order valence-corrected chi connectivity index (χ0v) is 11.2. The summed E-state index contributed by atoms with van der Waals surface area (Å²) in [6.07, 6.45) is 1.01. The molecule has 2 nitrogen and oxygen atoms in total. The van der Waals surface area contributed by atoms with Gasteiger partial charge in [0.1, 0.15) is 0 Å². The molecular formula is C15H23NO. The molecule has 2 atom stereocenters. The molecule has 0 saturated carbocycles. The van der Waals surface area contributed by atoms with Gasteiger partial charge >= 0.3 is 0 Å². The van der Waals surface area contributed by atoms with Crippen molar-refractivity contribution < 1.29 is 4.74 Å². The summed E-state index contributed by atoms with van der Waals surface area (Å²) >= 11 is 0. The molecule has 0 amide bonds. The van der Waals surface area contributed by atoms with E-state index in [4.69, 9.17) is 10.5 Å². The maximum absolute atomic E-state index is 6.42. The van der Waals surface area contributed by atoms with Crippen LogP contribution in [0.1, 0.15) is 45.7 Å². The second kappa shape index (κ2) is 4.11. The maximum atomic E-state index is 6.42. The van der Waals surface area contributed by atoms with Crippen molar-refractivity contribution >= 4 is 0 Å². The van der Waals surface area contributed by atoms with Gasteiger partial charge in [0.25, 0.3) is 0 Å². The number of ether oxygens (including phenoxy) is 1. The van der Waals surface area contributed by atoms with Crippen molar-refractivity contribution in [3.8, 4) is 0 Å². The maximum Gasteiger partial charge on any atom is 0.0680 e. The molecule has 94 valence electrons. The highest BCUT2D eigenvalue weighted by Gasteiger charge is 2.48. The number of hydrogen-bond donors (Lipinski definition) is 1. The van der Waals surface area contributed by atoms with Gasteiger partial charge in [0.15, 0.2) is 0 Å². The van der Waals surface area contributed by atoms with Crippen LogP contribution in [0.5, 0.6) is 0 Å². The van der Waals surface area contributed by atoms with Crippen LogP contribution in [-0.4, -0.2) is 11.2 Å². The molecule has 1 saturated heterocycles. The lowest BCUT2D eigenvalue weighted by atomic mass is 9.79. The van der Waals surface area contributed by atoms with Crippen molar-refractivity contribution in [2.24, 2.45) is 11.7 Å². The first-order valence-electron chi connectivity index (χ1n) is 6.32. The van der Waals surface area contributed by atoms with Crippen LogP contribution in [0.4, 0.5) is 0 Å². The molecule has 1 heterocycles. The minimum absolute atomic E-state index is 0.0491. The van der Waals surface area contributed by atoms with Crippen molar-refractivity contribution in [1.82, 2.24) is 0 Å². The summed E-state index contributed by atoms with van der Waals surface area (Å²) in [7, 11) is 0. The standard InChI is InChI=1S/C15H23NO/c1-14(2)10-12(15(3,4)17-14)13(16)11-8-6-5-7-9-11/h5-9,12-13H,10,16H2,1-4H3. The quantitative estimate of drug-likeness (QED) is 0.850. The average molecular weight is 233 g/mol. The van der Waals surface area contributed by atoms with E-state index in [1.54, 1.807) is 0 Å². The van der Waals surface area contributed by atoms with Crippen LogP contribution in [0.15, 0.2) is 30.3 Å². The van der Waals surface area contributed by atoms with Crippen molar-refractivity contribution in [3.63, 3.8) is 0 Å². The van der Waals surface area contributed by atoms with Gasteiger partial charge < -0.3 is 10.5 Å². The predicted octanol–water partition coefficient (Wildman–Crippen LogP) is 3.28. The molecule has 1 aliphatic heterocycles. The Labute approximate surface area is 104 Å². The summed E-state index contributed by atoms with van der Waals surface area (Å²) in [6.45, 7) is 8.59. The van der Waals surface area contributed by atoms with E-state index in [1.807, 2.05) is 18.2 Å². The fourth-order valence-electron chi connectivity index (χ4n) is 3.07. The summed E-state index contributed by atoms with van der Waals surface area (Å²) in [5, 5.41) is 0. The second-order valence-corrected chi connectivity index (χ2v) is 6.21. The molecule has 17 heavy (non-hydrogen) atoms. The van der Waals surface area contributed by atoms with Gasteiger partial charge in [0.05, 0.1) is 11.2 Å². The first kappa shape index (κ1) is 12.6. The lowest BCUT2D eigenvalue weighted by Crippen LogP contribution is -2.35. The normalized spacial score (nSPS) is 27.9. The minimum atomic E-state index is -0.154. The van der Waals surface area contributed by atoms with Crippen LogP contribution >= 0.6 is 0 Å². The number of hydrogen-bond acceptors (Lipinski definition) is 2. The molecule has 2 rings (SSSR count). The van der Waals surface area contributed by atoms with E-state index in [1.165, 1.54) is 5.56 Å². The molecule has 2 heteroatoms. The lowest BCUT2D eigenvalue weighted by Gasteiger charge is -2.31. The molecule has 1 fully saturated rings. The van der Waals surface area contributed by atoms with Gasteiger partial charge in [-0.2, -0.15) is 0 Å². The van der Waals surface area contributed by atoms with E-state index in [9.17, 15) is 0 Å². The summed E-state index contributed by atoms with van der Waals surface area (Å²) < 4.78 is 6.11. The van der Waals surface area contributed by atoms with E-state index in [0.29, 0.717) is 5.92 Å². The third-order valence-electron chi connectivity index (χ3n) is 3.76. The monoisotopic (exact) mass is 233 g/mol. The zero-order chi connectivity index (χ0) is 12.7. The lowest BCUT2D eigenvalue weighted by molar-refractivity contribution is -0.0767. The third kappa shape index (κ3) is 2.53. The van der Waals surface area contributed by atoms with Gasteiger partial charge in [-0.1, -0.05) is 30.3 Å². The molecule has 0 aliphatic carbocycles. The molecule has 0 radical (unpaired) electrons. The van der Waals surface area contributed by atoms with Gasteiger partial charge in [0, 0.05) is 12.0 Å². The highest BCUT2D eigenvalue weighted by molar-refractivity contribution is 5.21. The minimum Gasteiger partial charge on any atom is -0.369 e. The molecule has 0 spiro atoms. The third-order valence-corrected chi connectivity index (χ3v) is 3.76. The van der Waals surface area contributed by atoms with Crippen LogP contribution < -0.4 is 5.73 Å². The van der Waals surface area contributed by atoms with Gasteiger partial charge in [-0.15, -0.1) is 0 Å². The van der Waals surface area contributed by atoms with Gasteiger partial charge in [-0.3, -0.25) is 0 Å². The molecular weight excluding hydrogens is 210 g/mol. The first-order valence-corrected chi connectivity index (χ1v) is 6.32. The fraction of sp³-hybridized carbons (Fsp3) is 0.600. The molecule has 0 aromatic heterocycles. The number of nitrogens with two attached hydrogens (primary N) is 1. The molecule has 0 bridgehead atoms. The number of rotatable bonds is 2. The number of benzene rings is 1. The van der Waals surface area contributed by atoms with Crippen molar-refractivity contribution in [2.45, 2.75) is 51.4 Å². The van der Waals surface area contributed by atoms with E-state index >= 15 is 0 Å². The Morgan fingerprint density at radius 2 is 1.76 bits per heavy atom. The molecule has 1 aromatic rings. The topological polar surface area (TPSA) is 35.2 Å². The molecule has 1 aliphatic rings. The summed E-state index contributed by atoms with van der Waals surface area (Å²) in [5.74, 6) is 0.361. The highest BCUT2D eigenvalue weighted by atomic mass is 16.5. The van der Waals surface area contributed by atoms with Crippen molar-refractivity contribution in [2.75, 3.05) is 0 Å². The fourth-order valence-corrected chi connectivity index (χ4v) is 3.07. The Kier molecular flexibility index (Phi) is 3.04. The first-order chi connectivity index (χ1) is 7.82. The van der Waals surface area contributed by atoms with Crippen LogP contribution in [0.25, 0.3) is 0 Å². The molecule has 2 unspecified atom stereocenters. The SMILES string of the molecule is CC1(C)CC(C(N)c2ccccc2)C(C)(C)O1. The van der Waals surface area contributed by atoms with Crippen molar-refractivity contribution in [3.05, 3.63) is 35.9 Å². The van der Waals surface area contributed by atoms with E-state index in [2.05, 4.69) is 39.8 Å². The largest absolute Gasteiger partial charge is 0.369 e. The van der Waals surface area contributed by atoms with Crippen LogP contribution in [0.2, 0.25) is 0 Å². The van der Waals surface area contributed by atoms with Crippen molar-refractivity contribution in [1.29, 1.82) is 0 Å². The van der Waals surface area contributed by atoms with E-state index < -0.39 is 0 Å². The summed E-state index contributed by atoms with van der Waals surface area (Å²) in [5.41, 5.74) is 7.39. The van der Waals surface area contributed by atoms with E-state index in [0.717, 1.165) is 6.42 Å². The zero-order valence-electron chi connectivity index (χ0n) is 11.2. The molecule has 1 aromatic carbocycles. The van der Waals surface area contributed by atoms with Gasteiger partial charge in [-0.05, 0) is 39.7 Å². The van der Waals surface area contributed by atoms with Gasteiger partial charge in [0.2, 0.25) is 0 Å². The summed E-state index contributed by atoms with van der Waals surface area (Å²) in [4.78, 5) is 0. The second-order valence-electron chi connectivity index (χ2n) is 6.21. The average Bonchev–Trinajstić information content (AvgIpc) is 2.47. The Bertz CT molecular complexity index is 383. The Hall–Kier alpha value is -0.860. The Morgan fingerprint density at radius 1 is 1.18 bits per heavy atom. The predicted molar refractivity (Wildman–Crippen MR) is 70.7 cm³/mol. The highest BCUT2D eigenvalue weighted by Crippen LogP contribution is 2.46. The van der Waals surface area contributed by atoms with E-state index in [-0.39, 0.29) is 17.2 Å². The molecule has 2 N–H and O–H groups in total. The Balaban J connectivity index is 2.23. The van der Waals surface area contributed by atoms with Crippen LogP contribution in [0.3, 0.4) is 0 Å². The van der Waals surface area contributed by atoms with Crippen LogP contribution in [0, 0.1) is 5.92 Å². The summed E-state index contributed by atoms with van der Waals surface area (Å²) in [6, 6.07) is 10.4. The van der Waals surface area contributed by atoms with Gasteiger partial charge in [-0.25, -0.2) is 0 Å². The Morgan fingerprint density at radius 3 is 2.24 bits per heavy atom. The van der Waals surface area contributed by atoms with Crippen LogP contribution in [-0.2, 0) is 4.74 Å². The smallest absolute Gasteiger partial charge is 0.0680 e.